The van der Waals surface area contributed by atoms with Crippen LogP contribution in [0, 0.1) is 0 Å². The third-order valence-corrected chi connectivity index (χ3v) is 7.98. The van der Waals surface area contributed by atoms with Crippen molar-refractivity contribution in [3.05, 3.63) is 0 Å². The average molecular weight is 774 g/mol. The summed E-state index contributed by atoms with van der Waals surface area (Å²) in [5, 5.41) is 10.5. The van der Waals surface area contributed by atoms with Crippen LogP contribution in [0.3, 0.4) is 0 Å². The normalized spacial score (nSPS) is 10.0. The molecular weight excluding hydrogens is 712 g/mol. The summed E-state index contributed by atoms with van der Waals surface area (Å²) in [5.74, 6) is 1.95. The van der Waals surface area contributed by atoms with Gasteiger partial charge < -0.3 is 30.7 Å². The van der Waals surface area contributed by atoms with Crippen LogP contribution in [0.15, 0.2) is 0 Å². The largest absolute Gasteiger partial charge is 0.385 e. The van der Waals surface area contributed by atoms with Gasteiger partial charge in [-0.2, -0.15) is 24.4 Å². The van der Waals surface area contributed by atoms with Gasteiger partial charge in [0.25, 0.3) is 0 Å². The maximum atomic E-state index is 11.7. The van der Waals surface area contributed by atoms with Gasteiger partial charge in [-0.15, -0.1) is 0 Å². The van der Waals surface area contributed by atoms with Crippen molar-refractivity contribution in [3.63, 3.8) is 0 Å². The lowest BCUT2D eigenvalue weighted by Crippen LogP contribution is -2.30. The summed E-state index contributed by atoms with van der Waals surface area (Å²) in [6.45, 7) is 2.37. The molecule has 0 aromatic carbocycles. The van der Waals surface area contributed by atoms with Crippen LogP contribution >= 0.6 is 40.3 Å². The van der Waals surface area contributed by atoms with Gasteiger partial charge in [-0.25, -0.2) is 0 Å². The van der Waals surface area contributed by atoms with Crippen molar-refractivity contribution >= 4 is 75.5 Å². The van der Waals surface area contributed by atoms with E-state index in [-0.39, 0.29) is 41.2 Å². The number of hydrogen-bond donors (Lipinski definition) is 5. The number of thioether (sulfide) groups is 1. The summed E-state index contributed by atoms with van der Waals surface area (Å²) >= 11 is 8.45. The molecule has 0 bridgehead atoms. The van der Waals surface area contributed by atoms with Gasteiger partial charge in [0.2, 0.25) is 23.6 Å². The maximum Gasteiger partial charge on any atom is 0.230 e. The molecule has 0 aliphatic heterocycles. The van der Waals surface area contributed by atoms with Crippen molar-refractivity contribution in [1.29, 1.82) is 0 Å². The third kappa shape index (κ3) is 44.3. The second-order valence-electron chi connectivity index (χ2n) is 10.3. The summed E-state index contributed by atoms with van der Waals surface area (Å²) < 4.78 is 9.90. The number of carbonyl (C=O) groups excluding carboxylic acids is 6. The zero-order valence-electron chi connectivity index (χ0n) is 29.1. The molecule has 0 saturated carbocycles. The van der Waals surface area contributed by atoms with Crippen LogP contribution < -0.4 is 21.3 Å². The van der Waals surface area contributed by atoms with Crippen LogP contribution in [-0.4, -0.2) is 112 Å². The minimum atomic E-state index is -0.103. The van der Waals surface area contributed by atoms with Crippen LogP contribution in [0.5, 0.6) is 0 Å². The summed E-state index contributed by atoms with van der Waals surface area (Å²) in [4.78, 5) is 66.4. The summed E-state index contributed by atoms with van der Waals surface area (Å²) in [5.41, 5.74) is 0. The van der Waals surface area contributed by atoms with E-state index < -0.39 is 0 Å². The molecule has 0 rings (SSSR count). The van der Waals surface area contributed by atoms with E-state index in [0.29, 0.717) is 61.8 Å². The molecular formula is C32H61BrN4O8S2. The number of halogens is 1. The van der Waals surface area contributed by atoms with Crippen LogP contribution in [0.25, 0.3) is 0 Å². The molecule has 0 spiro atoms. The molecule has 0 unspecified atom stereocenters. The summed E-state index contributed by atoms with van der Waals surface area (Å²) in [6, 6.07) is 0. The van der Waals surface area contributed by atoms with Gasteiger partial charge in [0.1, 0.15) is 11.6 Å². The van der Waals surface area contributed by atoms with Crippen molar-refractivity contribution in [1.82, 2.24) is 21.3 Å². The summed E-state index contributed by atoms with van der Waals surface area (Å²) in [6.07, 6.45) is 11.7. The summed E-state index contributed by atoms with van der Waals surface area (Å²) in [7, 11) is 6.55. The monoisotopic (exact) mass is 772 g/mol. The number of hydrogen-bond acceptors (Lipinski definition) is 10. The highest BCUT2D eigenvalue weighted by Gasteiger charge is 2.06. The smallest absolute Gasteiger partial charge is 0.230 e. The number of Topliss-reactive ketones (excluding diaryl/α,β-unsaturated/α-hetero) is 2. The quantitative estimate of drug-likeness (QED) is 0.0453. The van der Waals surface area contributed by atoms with Crippen LogP contribution in [-0.2, 0) is 38.2 Å². The minimum absolute atomic E-state index is 0.0696. The molecule has 47 heavy (non-hydrogen) atoms. The first-order valence-corrected chi connectivity index (χ1v) is 19.2. The SMILES string of the molecule is CNC(=O)CCNC(=O)CBr.CNC(=O)CCNC(=O)CSCCC(=O)CCCCCCOC.COCCCCCCC(=O)CCS. The Bertz CT molecular complexity index is 810. The number of ether oxygens (including phenoxy) is 2. The Labute approximate surface area is 301 Å². The van der Waals surface area contributed by atoms with E-state index in [1.165, 1.54) is 18.2 Å². The molecule has 0 atom stereocenters. The lowest BCUT2D eigenvalue weighted by atomic mass is 10.1. The minimum Gasteiger partial charge on any atom is -0.385 e. The highest BCUT2D eigenvalue weighted by atomic mass is 79.9. The molecule has 15 heteroatoms. The van der Waals surface area contributed by atoms with Crippen LogP contribution in [0.1, 0.15) is 89.9 Å². The van der Waals surface area contributed by atoms with Crippen molar-refractivity contribution < 1.29 is 38.2 Å². The number of rotatable bonds is 28. The average Bonchev–Trinajstić information content (AvgIpc) is 3.06. The first-order chi connectivity index (χ1) is 22.6. The van der Waals surface area contributed by atoms with Crippen molar-refractivity contribution in [2.45, 2.75) is 89.9 Å². The van der Waals surface area contributed by atoms with Gasteiger partial charge in [-0.1, -0.05) is 41.6 Å². The Morgan fingerprint density at radius 1 is 0.596 bits per heavy atom. The molecule has 276 valence electrons. The number of alkyl halides is 1. The van der Waals surface area contributed by atoms with Crippen LogP contribution in [0.4, 0.5) is 0 Å². The molecule has 0 aromatic heterocycles. The number of unbranched alkanes of at least 4 members (excludes halogenated alkanes) is 6. The maximum absolute atomic E-state index is 11.7. The first-order valence-electron chi connectivity index (χ1n) is 16.3. The predicted molar refractivity (Wildman–Crippen MR) is 198 cm³/mol. The van der Waals surface area contributed by atoms with E-state index in [1.54, 1.807) is 28.3 Å². The predicted octanol–water partition coefficient (Wildman–Crippen LogP) is 3.63. The Kier molecular flexibility index (Phi) is 42.8. The molecule has 0 aromatic rings. The molecule has 0 aliphatic carbocycles. The van der Waals surface area contributed by atoms with Gasteiger partial charge in [-0.3, -0.25) is 28.8 Å². The fourth-order valence-corrected chi connectivity index (χ4v) is 4.80. The number of carbonyl (C=O) groups is 6. The first kappa shape index (κ1) is 49.7. The van der Waals surface area contributed by atoms with Gasteiger partial charge in [-0.05, 0) is 31.4 Å². The van der Waals surface area contributed by atoms with E-state index in [4.69, 9.17) is 9.47 Å². The molecule has 0 saturated heterocycles. The molecule has 4 N–H and O–H groups in total. The number of methoxy groups -OCH3 is 2. The fraction of sp³-hybridized carbons (Fsp3) is 0.812. The van der Waals surface area contributed by atoms with E-state index in [0.717, 1.165) is 64.6 Å². The number of nitrogens with one attached hydrogen (secondary N) is 4. The van der Waals surface area contributed by atoms with E-state index >= 15 is 0 Å². The molecule has 0 heterocycles. The Morgan fingerprint density at radius 2 is 1.04 bits per heavy atom. The Balaban J connectivity index is -0.000000681. The highest BCUT2D eigenvalue weighted by molar-refractivity contribution is 9.09. The van der Waals surface area contributed by atoms with Gasteiger partial charge in [0, 0.05) is 98.9 Å². The molecule has 0 radical (unpaired) electrons. The number of ketones is 2. The highest BCUT2D eigenvalue weighted by Crippen LogP contribution is 2.08. The Morgan fingerprint density at radius 3 is 1.47 bits per heavy atom. The molecule has 0 fully saturated rings. The van der Waals surface area contributed by atoms with E-state index in [1.807, 2.05) is 0 Å². The third-order valence-electron chi connectivity index (χ3n) is 6.28. The van der Waals surface area contributed by atoms with Gasteiger partial charge in [0.05, 0.1) is 11.1 Å². The standard InChI is InChI=1S/C16H30N2O4S.C10H20O2S.C6H11BrN2O2/c1-17-15(20)8-10-18-16(21)13-23-12-9-14(19)7-5-3-4-6-11-22-2;1-12-8-5-3-2-4-6-10(11)7-9-13;1-8-5(10)2-3-9-6(11)4-7/h3-13H2,1-2H3,(H,17,20)(H,18,21);13H,2-9H2,1H3;2-4H2,1H3,(H,8,10)(H,9,11). The molecule has 4 amide bonds. The number of thiol groups is 1. The Hall–Kier alpha value is -1.68. The van der Waals surface area contributed by atoms with Gasteiger partial charge in [0.15, 0.2) is 0 Å². The topological polar surface area (TPSA) is 169 Å². The lowest BCUT2D eigenvalue weighted by molar-refractivity contribution is -0.122. The second kappa shape index (κ2) is 40.5. The lowest BCUT2D eigenvalue weighted by Gasteiger charge is -2.05. The second-order valence-corrected chi connectivity index (χ2v) is 12.5. The molecule has 12 nitrogen and oxygen atoms in total. The van der Waals surface area contributed by atoms with E-state index in [2.05, 4.69) is 49.8 Å². The van der Waals surface area contributed by atoms with Crippen LogP contribution in [0.2, 0.25) is 0 Å². The number of amides is 4. The van der Waals surface area contributed by atoms with Gasteiger partial charge >= 0.3 is 0 Å². The fourth-order valence-electron chi connectivity index (χ4n) is 3.55. The van der Waals surface area contributed by atoms with Crippen molar-refractivity contribution in [2.24, 2.45) is 0 Å². The zero-order chi connectivity index (χ0) is 36.0. The van der Waals surface area contributed by atoms with E-state index in [9.17, 15) is 28.8 Å². The van der Waals surface area contributed by atoms with Crippen molar-refractivity contribution in [2.75, 3.05) is 77.2 Å². The van der Waals surface area contributed by atoms with Crippen molar-refractivity contribution in [3.8, 4) is 0 Å². The molecule has 0 aliphatic rings. The zero-order valence-corrected chi connectivity index (χ0v) is 32.4.